The van der Waals surface area contributed by atoms with E-state index in [4.69, 9.17) is 0 Å². The number of H-pyrrole nitrogens is 1. The van der Waals surface area contributed by atoms with E-state index in [9.17, 15) is 22.8 Å². The van der Waals surface area contributed by atoms with Gasteiger partial charge in [0.25, 0.3) is 0 Å². The van der Waals surface area contributed by atoms with Gasteiger partial charge in [0.1, 0.15) is 0 Å². The second-order valence-electron chi connectivity index (χ2n) is 5.27. The molecule has 6 nitrogen and oxygen atoms in total. The fourth-order valence-electron chi connectivity index (χ4n) is 2.60. The van der Waals surface area contributed by atoms with E-state index in [-0.39, 0.29) is 23.3 Å². The standard InChI is InChI=1S/C15H13F3N4O2/c1-2-4-22-12-6-9(15(16,17)18)11(21-5-3-19-8-21)7-10(12)20-13(23)14(22)24/h3,5-8H,2,4H2,1H3,(H,20,23). The van der Waals surface area contributed by atoms with Crippen LogP contribution in [0.5, 0.6) is 0 Å². The maximum absolute atomic E-state index is 13.5. The summed E-state index contributed by atoms with van der Waals surface area (Å²) in [5, 5.41) is 0. The average Bonchev–Trinajstić information content (AvgIpc) is 3.04. The largest absolute Gasteiger partial charge is 0.418 e. The summed E-state index contributed by atoms with van der Waals surface area (Å²) in [6.07, 6.45) is -0.168. The van der Waals surface area contributed by atoms with E-state index in [1.165, 1.54) is 29.4 Å². The van der Waals surface area contributed by atoms with Crippen LogP contribution in [0.25, 0.3) is 16.7 Å². The van der Waals surface area contributed by atoms with E-state index >= 15 is 0 Å². The Morgan fingerprint density at radius 1 is 1.25 bits per heavy atom. The van der Waals surface area contributed by atoms with E-state index in [1.54, 1.807) is 6.92 Å². The third-order valence-electron chi connectivity index (χ3n) is 3.63. The molecule has 0 radical (unpaired) electrons. The van der Waals surface area contributed by atoms with E-state index < -0.39 is 22.9 Å². The zero-order valence-corrected chi connectivity index (χ0v) is 12.6. The first kappa shape index (κ1) is 16.0. The average molecular weight is 338 g/mol. The number of aromatic nitrogens is 4. The summed E-state index contributed by atoms with van der Waals surface area (Å²) in [7, 11) is 0. The lowest BCUT2D eigenvalue weighted by Gasteiger charge is -2.16. The van der Waals surface area contributed by atoms with Crippen molar-refractivity contribution in [3.05, 3.63) is 57.1 Å². The predicted molar refractivity (Wildman–Crippen MR) is 81.2 cm³/mol. The monoisotopic (exact) mass is 338 g/mol. The van der Waals surface area contributed by atoms with Crippen LogP contribution in [0, 0.1) is 0 Å². The molecule has 0 atom stereocenters. The van der Waals surface area contributed by atoms with Gasteiger partial charge in [-0.3, -0.25) is 9.59 Å². The highest BCUT2D eigenvalue weighted by molar-refractivity contribution is 5.79. The first-order chi connectivity index (χ1) is 11.3. The molecule has 2 aromatic heterocycles. The van der Waals surface area contributed by atoms with Crippen LogP contribution in [0.1, 0.15) is 18.9 Å². The van der Waals surface area contributed by atoms with Crippen molar-refractivity contribution in [1.29, 1.82) is 0 Å². The van der Waals surface area contributed by atoms with Gasteiger partial charge in [0.2, 0.25) is 0 Å². The van der Waals surface area contributed by atoms with Crippen LogP contribution in [0.15, 0.2) is 40.4 Å². The number of rotatable bonds is 3. The molecule has 126 valence electrons. The lowest BCUT2D eigenvalue weighted by molar-refractivity contribution is -0.137. The minimum absolute atomic E-state index is 0.0395. The SMILES string of the molecule is CCCn1c(=O)c(=O)[nH]c2cc(-n3ccnc3)c(C(F)(F)F)cc21. The van der Waals surface area contributed by atoms with Gasteiger partial charge in [-0.05, 0) is 18.6 Å². The Hall–Kier alpha value is -2.84. The number of hydrogen-bond donors (Lipinski definition) is 1. The van der Waals surface area contributed by atoms with Crippen LogP contribution >= 0.6 is 0 Å². The van der Waals surface area contributed by atoms with Crippen LogP contribution in [0.2, 0.25) is 0 Å². The zero-order valence-electron chi connectivity index (χ0n) is 12.6. The van der Waals surface area contributed by atoms with Crippen LogP contribution in [-0.4, -0.2) is 19.1 Å². The number of fused-ring (bicyclic) bond motifs is 1. The lowest BCUT2D eigenvalue weighted by Crippen LogP contribution is -2.36. The molecule has 3 aromatic rings. The Labute approximate surface area is 133 Å². The van der Waals surface area contributed by atoms with Gasteiger partial charge in [-0.1, -0.05) is 6.92 Å². The normalized spacial score (nSPS) is 12.0. The molecule has 1 N–H and O–H groups in total. The molecule has 0 bridgehead atoms. The third-order valence-corrected chi connectivity index (χ3v) is 3.63. The summed E-state index contributed by atoms with van der Waals surface area (Å²) < 4.78 is 42.7. The smallest absolute Gasteiger partial charge is 0.316 e. The van der Waals surface area contributed by atoms with Gasteiger partial charge in [0.15, 0.2) is 0 Å². The molecule has 0 aliphatic heterocycles. The number of alkyl halides is 3. The van der Waals surface area contributed by atoms with Gasteiger partial charge in [0, 0.05) is 18.9 Å². The fourth-order valence-corrected chi connectivity index (χ4v) is 2.60. The molecule has 9 heteroatoms. The number of aromatic amines is 1. The molecular formula is C15H13F3N4O2. The van der Waals surface area contributed by atoms with Crippen molar-refractivity contribution < 1.29 is 13.2 Å². The Morgan fingerprint density at radius 3 is 2.58 bits per heavy atom. The van der Waals surface area contributed by atoms with Crippen molar-refractivity contribution in [3.63, 3.8) is 0 Å². The van der Waals surface area contributed by atoms with Gasteiger partial charge in [0.05, 0.1) is 28.6 Å². The number of nitrogens with one attached hydrogen (secondary N) is 1. The summed E-state index contributed by atoms with van der Waals surface area (Å²) >= 11 is 0. The Balaban J connectivity index is 2.44. The van der Waals surface area contributed by atoms with Gasteiger partial charge < -0.3 is 14.1 Å². The second kappa shape index (κ2) is 5.66. The molecule has 0 fully saturated rings. The molecule has 0 unspecified atom stereocenters. The van der Waals surface area contributed by atoms with Crippen molar-refractivity contribution in [3.8, 4) is 5.69 Å². The van der Waals surface area contributed by atoms with Gasteiger partial charge in [-0.25, -0.2) is 4.98 Å². The molecular weight excluding hydrogens is 325 g/mol. The minimum atomic E-state index is -4.63. The van der Waals surface area contributed by atoms with E-state index in [0.717, 1.165) is 10.6 Å². The Bertz CT molecular complexity index is 1000. The van der Waals surface area contributed by atoms with E-state index in [2.05, 4.69) is 9.97 Å². The first-order valence-corrected chi connectivity index (χ1v) is 7.19. The second-order valence-corrected chi connectivity index (χ2v) is 5.27. The van der Waals surface area contributed by atoms with Crippen LogP contribution in [-0.2, 0) is 12.7 Å². The number of halogens is 3. The maximum atomic E-state index is 13.5. The number of benzene rings is 1. The van der Waals surface area contributed by atoms with Crippen molar-refractivity contribution in [2.75, 3.05) is 0 Å². The molecule has 2 heterocycles. The van der Waals surface area contributed by atoms with E-state index in [0.29, 0.717) is 6.42 Å². The Kier molecular flexibility index (Phi) is 3.78. The predicted octanol–water partition coefficient (Wildman–Crippen LogP) is 2.30. The van der Waals surface area contributed by atoms with Gasteiger partial charge in [-0.2, -0.15) is 13.2 Å². The van der Waals surface area contributed by atoms with E-state index in [1.807, 2.05) is 0 Å². The number of hydrogen-bond acceptors (Lipinski definition) is 3. The molecule has 0 aliphatic carbocycles. The van der Waals surface area contributed by atoms with Crippen LogP contribution in [0.3, 0.4) is 0 Å². The summed E-state index contributed by atoms with van der Waals surface area (Å²) in [5.74, 6) is 0. The highest BCUT2D eigenvalue weighted by atomic mass is 19.4. The summed E-state index contributed by atoms with van der Waals surface area (Å²) in [6, 6.07) is 2.09. The molecule has 0 spiro atoms. The number of nitrogens with zero attached hydrogens (tertiary/aromatic N) is 3. The molecule has 24 heavy (non-hydrogen) atoms. The molecule has 3 rings (SSSR count). The molecule has 0 saturated carbocycles. The summed E-state index contributed by atoms with van der Waals surface area (Å²) in [6.45, 7) is 1.92. The quantitative estimate of drug-likeness (QED) is 0.745. The molecule has 1 aromatic carbocycles. The fraction of sp³-hybridized carbons (Fsp3) is 0.267. The van der Waals surface area contributed by atoms with Gasteiger partial charge in [-0.15, -0.1) is 0 Å². The van der Waals surface area contributed by atoms with Crippen molar-refractivity contribution in [2.45, 2.75) is 26.1 Å². The van der Waals surface area contributed by atoms with Crippen molar-refractivity contribution >= 4 is 11.0 Å². The highest BCUT2D eigenvalue weighted by Crippen LogP contribution is 2.35. The van der Waals surface area contributed by atoms with Gasteiger partial charge >= 0.3 is 17.3 Å². The van der Waals surface area contributed by atoms with Crippen molar-refractivity contribution in [2.24, 2.45) is 0 Å². The topological polar surface area (TPSA) is 72.7 Å². The highest BCUT2D eigenvalue weighted by Gasteiger charge is 2.35. The zero-order chi connectivity index (χ0) is 17.5. The Morgan fingerprint density at radius 2 is 2.00 bits per heavy atom. The summed E-state index contributed by atoms with van der Waals surface area (Å²) in [4.78, 5) is 29.8. The van der Waals surface area contributed by atoms with Crippen LogP contribution in [0.4, 0.5) is 13.2 Å². The van der Waals surface area contributed by atoms with Crippen molar-refractivity contribution in [1.82, 2.24) is 19.1 Å². The molecule has 0 aliphatic rings. The first-order valence-electron chi connectivity index (χ1n) is 7.19. The lowest BCUT2D eigenvalue weighted by atomic mass is 10.1. The third kappa shape index (κ3) is 2.61. The summed E-state index contributed by atoms with van der Waals surface area (Å²) in [5.41, 5.74) is -2.63. The number of imidazole rings is 1. The maximum Gasteiger partial charge on any atom is 0.418 e. The minimum Gasteiger partial charge on any atom is -0.316 e. The van der Waals surface area contributed by atoms with Crippen LogP contribution < -0.4 is 11.1 Å². The number of aryl methyl sites for hydroxylation is 1. The molecule has 0 amide bonds. The molecule has 0 saturated heterocycles.